The van der Waals surface area contributed by atoms with Gasteiger partial charge in [-0.1, -0.05) is 79.7 Å². The van der Waals surface area contributed by atoms with Gasteiger partial charge >= 0.3 is 5.97 Å². The number of carbonyl (C=O) groups excluding carboxylic acids is 2. The lowest BCUT2D eigenvalue weighted by atomic mass is 9.90. The zero-order valence-electron chi connectivity index (χ0n) is 23.0. The Morgan fingerprint density at radius 3 is 2.24 bits per heavy atom. The van der Waals surface area contributed by atoms with Crippen molar-refractivity contribution in [1.29, 1.82) is 0 Å². The summed E-state index contributed by atoms with van der Waals surface area (Å²) in [5.41, 5.74) is 3.17. The molecule has 212 valence electrons. The van der Waals surface area contributed by atoms with Gasteiger partial charge in [0.1, 0.15) is 6.04 Å². The number of benzene rings is 2. The molecule has 0 radical (unpaired) electrons. The fraction of sp³-hybridized carbons (Fsp3) is 0.242. The number of thiophene rings is 1. The number of amides is 2. The third kappa shape index (κ3) is 8.53. The first kappa shape index (κ1) is 29.6. The monoisotopic (exact) mass is 569 g/mol. The Morgan fingerprint density at radius 2 is 1.59 bits per heavy atom. The highest BCUT2D eigenvalue weighted by atomic mass is 32.1. The lowest BCUT2D eigenvalue weighted by molar-refractivity contribution is -0.139. The van der Waals surface area contributed by atoms with Gasteiger partial charge in [-0.3, -0.25) is 9.59 Å². The summed E-state index contributed by atoms with van der Waals surface area (Å²) in [6.07, 6.45) is 10.6. The second-order valence-corrected chi connectivity index (χ2v) is 11.1. The summed E-state index contributed by atoms with van der Waals surface area (Å²) in [7, 11) is 0. The van der Waals surface area contributed by atoms with Gasteiger partial charge in [-0.05, 0) is 54.7 Å². The zero-order valence-corrected chi connectivity index (χ0v) is 23.8. The molecule has 0 bridgehead atoms. The third-order valence-electron chi connectivity index (χ3n) is 6.83. The summed E-state index contributed by atoms with van der Waals surface area (Å²) in [5.74, 6) is -1.90. The van der Waals surface area contributed by atoms with E-state index < -0.39 is 17.9 Å². The molecular formula is C33H35N3O4S. The van der Waals surface area contributed by atoms with Crippen LogP contribution in [0.25, 0.3) is 0 Å². The highest BCUT2D eigenvalue weighted by Crippen LogP contribution is 2.36. The van der Waals surface area contributed by atoms with Crippen molar-refractivity contribution in [2.75, 3.05) is 6.54 Å². The number of aliphatic carboxylic acids is 1. The topological polar surface area (TPSA) is 108 Å². The molecule has 1 aliphatic heterocycles. The van der Waals surface area contributed by atoms with Crippen LogP contribution in [0.15, 0.2) is 109 Å². The summed E-state index contributed by atoms with van der Waals surface area (Å²) in [6.45, 7) is 2.18. The summed E-state index contributed by atoms with van der Waals surface area (Å²) in [4.78, 5) is 38.9. The number of carboxylic acid groups (broad SMARTS) is 1. The van der Waals surface area contributed by atoms with Crippen molar-refractivity contribution in [3.63, 3.8) is 0 Å². The van der Waals surface area contributed by atoms with Crippen molar-refractivity contribution in [2.24, 2.45) is 5.92 Å². The number of rotatable bonds is 13. The van der Waals surface area contributed by atoms with Gasteiger partial charge in [0.25, 0.3) is 5.91 Å². The normalized spacial score (nSPS) is 14.0. The van der Waals surface area contributed by atoms with E-state index in [1.54, 1.807) is 6.07 Å². The second-order valence-electron chi connectivity index (χ2n) is 9.94. The molecule has 0 fully saturated rings. The summed E-state index contributed by atoms with van der Waals surface area (Å²) >= 11 is 1.36. The fourth-order valence-corrected chi connectivity index (χ4v) is 5.73. The van der Waals surface area contributed by atoms with E-state index in [1.807, 2.05) is 79.9 Å². The highest BCUT2D eigenvalue weighted by Gasteiger charge is 2.24. The quantitative estimate of drug-likeness (QED) is 0.201. The van der Waals surface area contributed by atoms with Crippen molar-refractivity contribution >= 4 is 29.1 Å². The number of hydrogen-bond donors (Lipinski definition) is 4. The maximum Gasteiger partial charge on any atom is 0.326 e. The van der Waals surface area contributed by atoms with Gasteiger partial charge in [-0.15, -0.1) is 11.3 Å². The number of carbonyl (C=O) groups is 3. The molecule has 7 nitrogen and oxygen atoms in total. The molecule has 41 heavy (non-hydrogen) atoms. The second kappa shape index (κ2) is 14.8. The fourth-order valence-electron chi connectivity index (χ4n) is 4.66. The molecule has 2 atom stereocenters. The van der Waals surface area contributed by atoms with Crippen LogP contribution in [-0.4, -0.2) is 35.5 Å². The van der Waals surface area contributed by atoms with E-state index in [1.165, 1.54) is 11.3 Å². The van der Waals surface area contributed by atoms with E-state index >= 15 is 0 Å². The first-order valence-electron chi connectivity index (χ1n) is 13.7. The lowest BCUT2D eigenvalue weighted by Gasteiger charge is -2.17. The number of allylic oxidation sites excluding steroid dienone is 5. The Morgan fingerprint density at radius 1 is 0.902 bits per heavy atom. The molecule has 0 saturated heterocycles. The Labute approximate surface area is 244 Å². The van der Waals surface area contributed by atoms with E-state index in [0.717, 1.165) is 21.7 Å². The van der Waals surface area contributed by atoms with Crippen molar-refractivity contribution in [1.82, 2.24) is 16.0 Å². The zero-order chi connectivity index (χ0) is 29.0. The molecule has 1 unspecified atom stereocenters. The summed E-state index contributed by atoms with van der Waals surface area (Å²) in [6, 6.07) is 22.8. The van der Waals surface area contributed by atoms with Gasteiger partial charge < -0.3 is 21.1 Å². The molecule has 2 amide bonds. The number of nitrogens with one attached hydrogen (secondary N) is 3. The van der Waals surface area contributed by atoms with Crippen LogP contribution in [0.3, 0.4) is 0 Å². The van der Waals surface area contributed by atoms with Crippen LogP contribution >= 0.6 is 11.3 Å². The maximum atomic E-state index is 13.1. The molecule has 0 aliphatic carbocycles. The van der Waals surface area contributed by atoms with Crippen LogP contribution in [0.4, 0.5) is 0 Å². The Balaban J connectivity index is 1.31. The molecule has 3 aromatic rings. The summed E-state index contributed by atoms with van der Waals surface area (Å²) in [5, 5.41) is 18.4. The van der Waals surface area contributed by atoms with Gasteiger partial charge in [-0.2, -0.15) is 0 Å². The SMILES string of the molecule is CC(CC1=CC=CC=CN1)C(=O)NCCC[C@H](NC(=O)c1ccc(C(c2ccccc2)c2ccccc2)s1)C(=O)O. The van der Waals surface area contributed by atoms with Crippen molar-refractivity contribution in [2.45, 2.75) is 38.1 Å². The minimum absolute atomic E-state index is 0.0345. The molecule has 4 N–H and O–H groups in total. The molecule has 8 heteroatoms. The average Bonchev–Trinajstić information content (AvgIpc) is 3.32. The average molecular weight is 570 g/mol. The van der Waals surface area contributed by atoms with E-state index in [0.29, 0.717) is 24.3 Å². The van der Waals surface area contributed by atoms with Crippen molar-refractivity contribution < 1.29 is 19.5 Å². The van der Waals surface area contributed by atoms with Gasteiger partial charge in [-0.25, -0.2) is 4.79 Å². The van der Waals surface area contributed by atoms with Gasteiger partial charge in [0.2, 0.25) is 5.91 Å². The Hall–Kier alpha value is -4.43. The lowest BCUT2D eigenvalue weighted by Crippen LogP contribution is -2.41. The maximum absolute atomic E-state index is 13.1. The Bertz CT molecular complexity index is 1370. The van der Waals surface area contributed by atoms with Gasteiger partial charge in [0, 0.05) is 35.2 Å². The van der Waals surface area contributed by atoms with E-state index in [9.17, 15) is 19.5 Å². The van der Waals surface area contributed by atoms with Crippen LogP contribution < -0.4 is 16.0 Å². The molecule has 0 spiro atoms. The van der Waals surface area contributed by atoms with E-state index in [-0.39, 0.29) is 24.2 Å². The van der Waals surface area contributed by atoms with Crippen molar-refractivity contribution in [3.05, 3.63) is 130 Å². The molecule has 2 heterocycles. The molecular weight excluding hydrogens is 534 g/mol. The van der Waals surface area contributed by atoms with Crippen molar-refractivity contribution in [3.8, 4) is 0 Å². The van der Waals surface area contributed by atoms with Gasteiger partial charge in [0.05, 0.1) is 4.88 Å². The number of carboxylic acids is 1. The van der Waals surface area contributed by atoms with Gasteiger partial charge in [0.15, 0.2) is 0 Å². The minimum atomic E-state index is -1.10. The molecule has 1 aromatic heterocycles. The van der Waals surface area contributed by atoms with Crippen LogP contribution in [0.5, 0.6) is 0 Å². The molecule has 1 aliphatic rings. The Kier molecular flexibility index (Phi) is 10.7. The van der Waals surface area contributed by atoms with Crippen LogP contribution in [0.2, 0.25) is 0 Å². The summed E-state index contributed by atoms with van der Waals surface area (Å²) < 4.78 is 0. The standard InChI is InChI=1S/C33H35N3O4S/c1-23(22-26-16-9-4-10-20-34-26)31(37)35-21-11-17-27(33(39)40)36-32(38)29-19-18-28(41-29)30(24-12-5-2-6-13-24)25-14-7-3-8-15-25/h2-10,12-16,18-20,23,27,30,34H,11,17,21-22H2,1H3,(H,35,37)(H,36,38)(H,39,40)/t23?,27-/m0/s1. The third-order valence-corrected chi connectivity index (χ3v) is 7.98. The minimum Gasteiger partial charge on any atom is -0.480 e. The predicted molar refractivity (Wildman–Crippen MR) is 163 cm³/mol. The number of hydrogen-bond acceptors (Lipinski definition) is 5. The molecule has 4 rings (SSSR count). The molecule has 0 saturated carbocycles. The largest absolute Gasteiger partial charge is 0.480 e. The smallest absolute Gasteiger partial charge is 0.326 e. The van der Waals surface area contributed by atoms with Crippen LogP contribution in [-0.2, 0) is 9.59 Å². The van der Waals surface area contributed by atoms with Crippen LogP contribution in [0, 0.1) is 5.92 Å². The predicted octanol–water partition coefficient (Wildman–Crippen LogP) is 5.59. The highest BCUT2D eigenvalue weighted by molar-refractivity contribution is 7.14. The van der Waals surface area contributed by atoms with Crippen LogP contribution in [0.1, 0.15) is 57.8 Å². The first-order chi connectivity index (χ1) is 19.9. The van der Waals surface area contributed by atoms with E-state index in [2.05, 4.69) is 40.2 Å². The first-order valence-corrected chi connectivity index (χ1v) is 14.5. The molecule has 2 aromatic carbocycles. The van der Waals surface area contributed by atoms with E-state index in [4.69, 9.17) is 0 Å².